The zero-order chi connectivity index (χ0) is 19.5. The van der Waals surface area contributed by atoms with E-state index in [-0.39, 0.29) is 11.9 Å². The SMILES string of the molecule is N#Cc1ccc(-c2ccc(C(=O)N3C[C@H](O)[C@@H](N4CCCCC4)C3)cc2)cn1. The van der Waals surface area contributed by atoms with Crippen LogP contribution in [0.3, 0.4) is 0 Å². The minimum atomic E-state index is -0.481. The molecule has 0 saturated carbocycles. The maximum atomic E-state index is 12.9. The molecule has 28 heavy (non-hydrogen) atoms. The quantitative estimate of drug-likeness (QED) is 0.889. The lowest BCUT2D eigenvalue weighted by Gasteiger charge is -2.33. The first-order valence-electron chi connectivity index (χ1n) is 9.84. The second-order valence-electron chi connectivity index (χ2n) is 7.56. The van der Waals surface area contributed by atoms with E-state index >= 15 is 0 Å². The third-order valence-electron chi connectivity index (χ3n) is 5.75. The summed E-state index contributed by atoms with van der Waals surface area (Å²) in [6, 6.07) is 13.0. The molecule has 2 aromatic rings. The fourth-order valence-electron chi connectivity index (χ4n) is 4.16. The summed E-state index contributed by atoms with van der Waals surface area (Å²) < 4.78 is 0. The standard InChI is InChI=1S/C22H24N4O2/c23-12-19-9-8-18(13-24-19)16-4-6-17(7-5-16)22(28)26-14-20(21(27)15-26)25-10-2-1-3-11-25/h4-9,13,20-21,27H,1-3,10-11,14-15H2/t20-,21-/m0/s1. The minimum Gasteiger partial charge on any atom is -0.390 e. The van der Waals surface area contributed by atoms with E-state index in [0.29, 0.717) is 24.3 Å². The summed E-state index contributed by atoms with van der Waals surface area (Å²) in [7, 11) is 0. The number of aliphatic hydroxyl groups excluding tert-OH is 1. The van der Waals surface area contributed by atoms with Gasteiger partial charge in [0.25, 0.3) is 5.91 Å². The number of carbonyl (C=O) groups excluding carboxylic acids is 1. The molecule has 0 aliphatic carbocycles. The topological polar surface area (TPSA) is 80.5 Å². The number of aliphatic hydroxyl groups is 1. The Hall–Kier alpha value is -2.75. The third-order valence-corrected chi connectivity index (χ3v) is 5.75. The predicted molar refractivity (Wildman–Crippen MR) is 106 cm³/mol. The maximum absolute atomic E-state index is 12.9. The molecule has 6 nitrogen and oxygen atoms in total. The highest BCUT2D eigenvalue weighted by Crippen LogP contribution is 2.24. The van der Waals surface area contributed by atoms with Crippen LogP contribution >= 0.6 is 0 Å². The summed E-state index contributed by atoms with van der Waals surface area (Å²) in [5, 5.41) is 19.3. The van der Waals surface area contributed by atoms with E-state index in [4.69, 9.17) is 5.26 Å². The first kappa shape index (κ1) is 18.6. The van der Waals surface area contributed by atoms with Crippen molar-refractivity contribution in [3.63, 3.8) is 0 Å². The first-order chi connectivity index (χ1) is 13.7. The van der Waals surface area contributed by atoms with Crippen LogP contribution in [0.4, 0.5) is 0 Å². The molecule has 0 spiro atoms. The molecule has 0 bridgehead atoms. The lowest BCUT2D eigenvalue weighted by Crippen LogP contribution is -2.46. The Labute approximate surface area is 165 Å². The average Bonchev–Trinajstić information content (AvgIpc) is 3.15. The van der Waals surface area contributed by atoms with Gasteiger partial charge >= 0.3 is 0 Å². The number of β-amino-alcohol motifs (C(OH)–C–C–N with tert-alkyl or cyclic N) is 1. The van der Waals surface area contributed by atoms with Gasteiger partial charge in [0.15, 0.2) is 0 Å². The highest BCUT2D eigenvalue weighted by atomic mass is 16.3. The minimum absolute atomic E-state index is 0.0388. The molecular formula is C22H24N4O2. The zero-order valence-electron chi connectivity index (χ0n) is 15.8. The van der Waals surface area contributed by atoms with E-state index in [1.807, 2.05) is 36.4 Å². The summed E-state index contributed by atoms with van der Waals surface area (Å²) in [5.74, 6) is -0.0388. The molecule has 4 rings (SSSR count). The number of hydrogen-bond acceptors (Lipinski definition) is 5. The highest BCUT2D eigenvalue weighted by molar-refractivity contribution is 5.95. The molecule has 2 aliphatic heterocycles. The summed E-state index contributed by atoms with van der Waals surface area (Å²) in [5.41, 5.74) is 2.85. The van der Waals surface area contributed by atoms with Gasteiger partial charge in [-0.2, -0.15) is 5.26 Å². The molecule has 0 unspecified atom stereocenters. The molecule has 2 aliphatic rings. The summed E-state index contributed by atoms with van der Waals surface area (Å²) in [6.07, 6.45) is 4.77. The fourth-order valence-corrected chi connectivity index (χ4v) is 4.16. The van der Waals surface area contributed by atoms with Crippen molar-refractivity contribution in [3.8, 4) is 17.2 Å². The Morgan fingerprint density at radius 1 is 1.04 bits per heavy atom. The van der Waals surface area contributed by atoms with Gasteiger partial charge in [-0.15, -0.1) is 0 Å². The Balaban J connectivity index is 1.44. The van der Waals surface area contributed by atoms with Crippen molar-refractivity contribution >= 4 is 5.91 Å². The van der Waals surface area contributed by atoms with Crippen molar-refractivity contribution in [1.82, 2.24) is 14.8 Å². The monoisotopic (exact) mass is 376 g/mol. The van der Waals surface area contributed by atoms with Gasteiger partial charge in [-0.05, 0) is 55.8 Å². The second kappa shape index (κ2) is 8.09. The van der Waals surface area contributed by atoms with Crippen molar-refractivity contribution in [2.24, 2.45) is 0 Å². The van der Waals surface area contributed by atoms with Gasteiger partial charge in [-0.1, -0.05) is 18.6 Å². The van der Waals surface area contributed by atoms with Crippen molar-refractivity contribution in [2.45, 2.75) is 31.4 Å². The number of benzene rings is 1. The van der Waals surface area contributed by atoms with E-state index in [1.165, 1.54) is 19.3 Å². The Morgan fingerprint density at radius 2 is 1.75 bits per heavy atom. The predicted octanol–water partition coefficient (Wildman–Crippen LogP) is 2.29. The number of likely N-dealkylation sites (tertiary alicyclic amines) is 2. The third kappa shape index (κ3) is 3.77. The average molecular weight is 376 g/mol. The van der Waals surface area contributed by atoms with E-state index in [1.54, 1.807) is 17.2 Å². The summed E-state index contributed by atoms with van der Waals surface area (Å²) in [4.78, 5) is 21.1. The van der Waals surface area contributed by atoms with Crippen molar-refractivity contribution in [1.29, 1.82) is 5.26 Å². The molecule has 2 saturated heterocycles. The lowest BCUT2D eigenvalue weighted by molar-refractivity contribution is 0.0702. The number of hydrogen-bond donors (Lipinski definition) is 1. The van der Waals surface area contributed by atoms with Crippen LogP contribution in [0.5, 0.6) is 0 Å². The van der Waals surface area contributed by atoms with Crippen LogP contribution in [0, 0.1) is 11.3 Å². The van der Waals surface area contributed by atoms with Crippen LogP contribution in [0.1, 0.15) is 35.3 Å². The molecular weight excluding hydrogens is 352 g/mol. The first-order valence-corrected chi connectivity index (χ1v) is 9.84. The van der Waals surface area contributed by atoms with Crippen molar-refractivity contribution < 1.29 is 9.90 Å². The van der Waals surface area contributed by atoms with E-state index in [2.05, 4.69) is 9.88 Å². The van der Waals surface area contributed by atoms with Gasteiger partial charge in [0.2, 0.25) is 0 Å². The number of aromatic nitrogens is 1. The zero-order valence-corrected chi connectivity index (χ0v) is 15.8. The molecule has 1 amide bonds. The lowest BCUT2D eigenvalue weighted by atomic mass is 10.0. The molecule has 144 valence electrons. The molecule has 6 heteroatoms. The molecule has 3 heterocycles. The Morgan fingerprint density at radius 3 is 2.39 bits per heavy atom. The van der Waals surface area contributed by atoms with Crippen LogP contribution in [0.15, 0.2) is 42.6 Å². The largest absolute Gasteiger partial charge is 0.390 e. The molecule has 2 fully saturated rings. The molecule has 1 aromatic carbocycles. The van der Waals surface area contributed by atoms with Crippen LogP contribution < -0.4 is 0 Å². The van der Waals surface area contributed by atoms with E-state index < -0.39 is 6.10 Å². The Bertz CT molecular complexity index is 867. The van der Waals surface area contributed by atoms with Gasteiger partial charge in [0.1, 0.15) is 11.8 Å². The number of pyridine rings is 1. The Kier molecular flexibility index (Phi) is 5.38. The number of carbonyl (C=O) groups is 1. The van der Waals surface area contributed by atoms with E-state index in [0.717, 1.165) is 24.2 Å². The molecule has 0 radical (unpaired) electrons. The van der Waals surface area contributed by atoms with Crippen LogP contribution in [-0.4, -0.2) is 64.1 Å². The van der Waals surface area contributed by atoms with Gasteiger partial charge in [-0.25, -0.2) is 4.98 Å². The highest BCUT2D eigenvalue weighted by Gasteiger charge is 2.38. The fraction of sp³-hybridized carbons (Fsp3) is 0.409. The summed E-state index contributed by atoms with van der Waals surface area (Å²) in [6.45, 7) is 3.00. The van der Waals surface area contributed by atoms with Crippen LogP contribution in [0.25, 0.3) is 11.1 Å². The van der Waals surface area contributed by atoms with Gasteiger partial charge in [0.05, 0.1) is 12.1 Å². The number of piperidine rings is 1. The van der Waals surface area contributed by atoms with Gasteiger partial charge in [-0.3, -0.25) is 9.69 Å². The van der Waals surface area contributed by atoms with Gasteiger partial charge in [0, 0.05) is 30.4 Å². The van der Waals surface area contributed by atoms with Crippen molar-refractivity contribution in [2.75, 3.05) is 26.2 Å². The summed E-state index contributed by atoms with van der Waals surface area (Å²) >= 11 is 0. The second-order valence-corrected chi connectivity index (χ2v) is 7.56. The van der Waals surface area contributed by atoms with Crippen LogP contribution in [-0.2, 0) is 0 Å². The van der Waals surface area contributed by atoms with Crippen molar-refractivity contribution in [3.05, 3.63) is 53.9 Å². The number of rotatable bonds is 3. The molecule has 1 aromatic heterocycles. The molecule has 2 atom stereocenters. The maximum Gasteiger partial charge on any atom is 0.253 e. The van der Waals surface area contributed by atoms with E-state index in [9.17, 15) is 9.90 Å². The van der Waals surface area contributed by atoms with Gasteiger partial charge < -0.3 is 10.0 Å². The molecule has 1 N–H and O–H groups in total. The number of nitriles is 1. The smallest absolute Gasteiger partial charge is 0.253 e. The number of amides is 1. The number of nitrogens with zero attached hydrogens (tertiary/aromatic N) is 4. The van der Waals surface area contributed by atoms with Crippen LogP contribution in [0.2, 0.25) is 0 Å². The normalized spacial score (nSPS) is 22.8.